The third kappa shape index (κ3) is 6.51. The molecule has 0 aliphatic rings. The van der Waals surface area contributed by atoms with Crippen LogP contribution < -0.4 is 0 Å². The highest BCUT2D eigenvalue weighted by Crippen LogP contribution is 2.45. The van der Waals surface area contributed by atoms with Gasteiger partial charge < -0.3 is 5.11 Å². The Balaban J connectivity index is 1.69. The predicted octanol–water partition coefficient (Wildman–Crippen LogP) is 6.80. The zero-order chi connectivity index (χ0) is 17.2. The van der Waals surface area contributed by atoms with Crippen molar-refractivity contribution in [1.29, 1.82) is 0 Å². The van der Waals surface area contributed by atoms with E-state index in [0.717, 1.165) is 34.5 Å². The summed E-state index contributed by atoms with van der Waals surface area (Å²) in [6.45, 7) is 1.82. The van der Waals surface area contributed by atoms with Gasteiger partial charge in [0.25, 0.3) is 0 Å². The molecule has 0 unspecified atom stereocenters. The van der Waals surface area contributed by atoms with Crippen molar-refractivity contribution in [2.24, 2.45) is 0 Å². The summed E-state index contributed by atoms with van der Waals surface area (Å²) in [5.74, 6) is 2.09. The van der Waals surface area contributed by atoms with E-state index in [4.69, 9.17) is 0 Å². The fourth-order valence-electron chi connectivity index (χ4n) is 1.97. The first kappa shape index (κ1) is 19.4. The molecule has 0 bridgehead atoms. The maximum absolute atomic E-state index is 10.8. The Morgan fingerprint density at radius 3 is 2.25 bits per heavy atom. The topological polar surface area (TPSA) is 37.3 Å². The molecule has 0 aliphatic carbocycles. The summed E-state index contributed by atoms with van der Waals surface area (Å²) in [6, 6.07) is 15.7. The summed E-state index contributed by atoms with van der Waals surface area (Å²) in [5.41, 5.74) is 3.95. The van der Waals surface area contributed by atoms with Gasteiger partial charge in [0, 0.05) is 22.6 Å². The molecule has 1 N–H and O–H groups in total. The maximum atomic E-state index is 10.8. The third-order valence-corrected chi connectivity index (χ3v) is 9.49. The van der Waals surface area contributed by atoms with Crippen LogP contribution in [0.3, 0.4) is 0 Å². The Morgan fingerprint density at radius 1 is 1.00 bits per heavy atom. The van der Waals surface area contributed by atoms with E-state index in [1.54, 1.807) is 47.3 Å². The number of carbonyl (C=O) groups is 1. The summed E-state index contributed by atoms with van der Waals surface area (Å²) in [4.78, 5) is 10.8. The molecule has 0 saturated carbocycles. The van der Waals surface area contributed by atoms with Gasteiger partial charge in [-0.25, -0.2) is 0 Å². The minimum Gasteiger partial charge on any atom is -0.508 e. The SMILES string of the molecule is C/C=C(/O)c1cccc(CSSSSCc2cccc(C=O)c2)c1. The van der Waals surface area contributed by atoms with Crippen LogP contribution in [0.4, 0.5) is 0 Å². The zero-order valence-corrected chi connectivity index (χ0v) is 16.4. The monoisotopic (exact) mass is 394 g/mol. The maximum Gasteiger partial charge on any atom is 0.150 e. The molecule has 24 heavy (non-hydrogen) atoms. The van der Waals surface area contributed by atoms with Crippen LogP contribution in [0.25, 0.3) is 5.76 Å². The Labute approximate surface area is 158 Å². The van der Waals surface area contributed by atoms with Crippen LogP contribution in [-0.2, 0) is 11.5 Å². The molecule has 0 radical (unpaired) electrons. The summed E-state index contributed by atoms with van der Waals surface area (Å²) in [7, 11) is 7.03. The van der Waals surface area contributed by atoms with Crippen molar-refractivity contribution in [3.63, 3.8) is 0 Å². The second-order valence-electron chi connectivity index (χ2n) is 4.90. The Bertz CT molecular complexity index is 701. The predicted molar refractivity (Wildman–Crippen MR) is 112 cm³/mol. The molecule has 0 aromatic heterocycles. The van der Waals surface area contributed by atoms with Crippen LogP contribution in [-0.4, -0.2) is 11.4 Å². The molecule has 0 spiro atoms. The zero-order valence-electron chi connectivity index (χ0n) is 13.2. The molecule has 0 fully saturated rings. The molecule has 126 valence electrons. The number of aliphatic hydroxyl groups excluding tert-OH is 1. The Morgan fingerprint density at radius 2 is 1.62 bits per heavy atom. The van der Waals surface area contributed by atoms with Crippen LogP contribution in [0.2, 0.25) is 0 Å². The minimum atomic E-state index is 0.317. The van der Waals surface area contributed by atoms with Gasteiger partial charge >= 0.3 is 0 Å². The smallest absolute Gasteiger partial charge is 0.150 e. The number of carbonyl (C=O) groups excluding carboxylic acids is 1. The van der Waals surface area contributed by atoms with E-state index in [9.17, 15) is 9.90 Å². The van der Waals surface area contributed by atoms with Crippen molar-refractivity contribution in [1.82, 2.24) is 0 Å². The van der Waals surface area contributed by atoms with E-state index in [1.807, 2.05) is 49.4 Å². The molecule has 2 aromatic rings. The Hall–Kier alpha value is -0.950. The van der Waals surface area contributed by atoms with Gasteiger partial charge in [-0.15, -0.1) is 0 Å². The largest absolute Gasteiger partial charge is 0.508 e. The van der Waals surface area contributed by atoms with Crippen LogP contribution in [0.15, 0.2) is 54.6 Å². The number of hydrogen-bond acceptors (Lipinski definition) is 6. The van der Waals surface area contributed by atoms with E-state index >= 15 is 0 Å². The van der Waals surface area contributed by atoms with Crippen LogP contribution in [0.1, 0.15) is 34.0 Å². The van der Waals surface area contributed by atoms with Gasteiger partial charge in [-0.1, -0.05) is 58.0 Å². The fraction of sp³-hybridized carbons (Fsp3) is 0.167. The number of aldehydes is 1. The molecule has 0 saturated heterocycles. The molecule has 2 aromatic carbocycles. The van der Waals surface area contributed by atoms with Gasteiger partial charge in [0.15, 0.2) is 0 Å². The van der Waals surface area contributed by atoms with E-state index in [2.05, 4.69) is 6.07 Å². The molecule has 0 amide bonds. The van der Waals surface area contributed by atoms with E-state index in [0.29, 0.717) is 5.76 Å². The lowest BCUT2D eigenvalue weighted by atomic mass is 10.1. The standard InChI is InChI=1S/C18H18O2S4/c1-2-18(20)17-8-4-7-16(10-17)13-22-24-23-21-12-15-6-3-5-14(9-15)11-19/h2-11,20H,12-13H2,1H3/b18-2+. The van der Waals surface area contributed by atoms with Gasteiger partial charge in [0.05, 0.1) is 0 Å². The second-order valence-corrected chi connectivity index (χ2v) is 10.9. The molecule has 0 heterocycles. The number of benzene rings is 2. The van der Waals surface area contributed by atoms with Crippen LogP contribution in [0.5, 0.6) is 0 Å². The molecule has 0 aliphatic heterocycles. The lowest BCUT2D eigenvalue weighted by Crippen LogP contribution is -1.85. The number of allylic oxidation sites excluding steroid dienone is 1. The molecule has 0 atom stereocenters. The van der Waals surface area contributed by atoms with Crippen molar-refractivity contribution >= 4 is 53.3 Å². The van der Waals surface area contributed by atoms with Gasteiger partial charge in [0.1, 0.15) is 12.0 Å². The summed E-state index contributed by atoms with van der Waals surface area (Å²) >= 11 is 0. The van der Waals surface area contributed by atoms with Crippen LogP contribution >= 0.6 is 41.2 Å². The van der Waals surface area contributed by atoms with Crippen molar-refractivity contribution in [2.45, 2.75) is 18.4 Å². The van der Waals surface area contributed by atoms with Crippen molar-refractivity contribution in [3.05, 3.63) is 76.9 Å². The number of aliphatic hydroxyl groups is 1. The molecule has 2 rings (SSSR count). The van der Waals surface area contributed by atoms with E-state index in [1.165, 1.54) is 5.56 Å². The van der Waals surface area contributed by atoms with Gasteiger partial charge in [-0.2, -0.15) is 0 Å². The first-order valence-corrected chi connectivity index (χ1v) is 12.4. The average molecular weight is 395 g/mol. The molecule has 6 heteroatoms. The Kier molecular flexibility index (Phi) is 8.74. The first-order chi connectivity index (χ1) is 11.7. The number of rotatable bonds is 9. The lowest BCUT2D eigenvalue weighted by Gasteiger charge is -2.04. The van der Waals surface area contributed by atoms with Gasteiger partial charge in [-0.05, 0) is 55.9 Å². The van der Waals surface area contributed by atoms with Crippen molar-refractivity contribution in [2.75, 3.05) is 0 Å². The van der Waals surface area contributed by atoms with Gasteiger partial charge in [-0.3, -0.25) is 4.79 Å². The normalized spacial score (nSPS) is 11.5. The summed E-state index contributed by atoms with van der Waals surface area (Å²) in [6.07, 6.45) is 2.58. The molecular formula is C18H18O2S4. The quantitative estimate of drug-likeness (QED) is 0.218. The average Bonchev–Trinajstić information content (AvgIpc) is 2.64. The highest BCUT2D eigenvalue weighted by atomic mass is 33.7. The molecular weight excluding hydrogens is 376 g/mol. The van der Waals surface area contributed by atoms with E-state index < -0.39 is 0 Å². The van der Waals surface area contributed by atoms with Crippen molar-refractivity contribution < 1.29 is 9.90 Å². The highest BCUT2D eigenvalue weighted by molar-refractivity contribution is 9.25. The number of hydrogen-bond donors (Lipinski definition) is 1. The summed E-state index contributed by atoms with van der Waals surface area (Å²) in [5, 5.41) is 9.76. The third-order valence-electron chi connectivity index (χ3n) is 3.16. The van der Waals surface area contributed by atoms with Crippen molar-refractivity contribution in [3.8, 4) is 0 Å². The first-order valence-electron chi connectivity index (χ1n) is 7.29. The van der Waals surface area contributed by atoms with Crippen LogP contribution in [0, 0.1) is 0 Å². The second kappa shape index (κ2) is 10.8. The van der Waals surface area contributed by atoms with Gasteiger partial charge in [0.2, 0.25) is 0 Å². The fourth-order valence-corrected chi connectivity index (χ4v) is 7.81. The highest BCUT2D eigenvalue weighted by Gasteiger charge is 2.01. The van der Waals surface area contributed by atoms with E-state index in [-0.39, 0.29) is 0 Å². The lowest BCUT2D eigenvalue weighted by molar-refractivity contribution is 0.112. The minimum absolute atomic E-state index is 0.317. The summed E-state index contributed by atoms with van der Waals surface area (Å²) < 4.78 is 0. The molecule has 2 nitrogen and oxygen atoms in total.